The predicted octanol–water partition coefficient (Wildman–Crippen LogP) is -1.93. The van der Waals surface area contributed by atoms with Crippen LogP contribution in [0.1, 0.15) is 0 Å². The molecule has 0 bridgehead atoms. The molecule has 0 saturated carbocycles. The Morgan fingerprint density at radius 3 is 3.00 bits per heavy atom. The number of hydrogen-bond donors (Lipinski definition) is 4. The third-order valence-corrected chi connectivity index (χ3v) is 2.79. The summed E-state index contributed by atoms with van der Waals surface area (Å²) < 4.78 is 6.62. The topological polar surface area (TPSA) is 139 Å². The normalized spacial score (nSPS) is 14.7. The van der Waals surface area contributed by atoms with Crippen LogP contribution in [0.2, 0.25) is 0 Å². The monoisotopic (exact) mass is 269 g/mol. The third-order valence-electron chi connectivity index (χ3n) is 2.79. The average Bonchev–Trinajstić information content (AvgIpc) is 2.78. The van der Waals surface area contributed by atoms with Crippen LogP contribution in [-0.4, -0.2) is 55.7 Å². The van der Waals surface area contributed by atoms with Crippen LogP contribution in [0.3, 0.4) is 0 Å². The van der Waals surface area contributed by atoms with Gasteiger partial charge in [-0.1, -0.05) is 0 Å². The number of aromatic nitrogens is 4. The summed E-state index contributed by atoms with van der Waals surface area (Å²) in [6, 6.07) is 0. The fraction of sp³-hybridized carbons (Fsp3) is 0.500. The van der Waals surface area contributed by atoms with Crippen LogP contribution in [0, 0.1) is 0 Å². The maximum absolute atomic E-state index is 11.6. The molecule has 2 rings (SSSR count). The Morgan fingerprint density at radius 2 is 2.37 bits per heavy atom. The zero-order valence-electron chi connectivity index (χ0n) is 10.3. The van der Waals surface area contributed by atoms with E-state index in [4.69, 9.17) is 15.6 Å². The molecular formula is C10H15N5O4. The van der Waals surface area contributed by atoms with Crippen LogP contribution in [0.15, 0.2) is 11.1 Å². The lowest BCUT2D eigenvalue weighted by molar-refractivity contribution is -0.0445. The van der Waals surface area contributed by atoms with Gasteiger partial charge in [-0.2, -0.15) is 4.98 Å². The lowest BCUT2D eigenvalue weighted by Gasteiger charge is -2.20. The number of aliphatic hydroxyl groups is 2. The number of hydrogen-bond acceptors (Lipinski definition) is 7. The molecule has 0 aliphatic rings. The van der Waals surface area contributed by atoms with E-state index in [1.54, 1.807) is 0 Å². The number of fused-ring (bicyclic) bond motifs is 1. The lowest BCUT2D eigenvalue weighted by atomic mass is 10.2. The SMILES string of the molecule is COC(Cn1cnc2c(=O)[nH]c(N)nc21)C(O)CO. The molecule has 0 amide bonds. The van der Waals surface area contributed by atoms with Crippen molar-refractivity contribution in [1.29, 1.82) is 0 Å². The lowest BCUT2D eigenvalue weighted by Crippen LogP contribution is -2.34. The largest absolute Gasteiger partial charge is 0.394 e. The second kappa shape index (κ2) is 5.34. The van der Waals surface area contributed by atoms with Gasteiger partial charge in [-0.05, 0) is 0 Å². The van der Waals surface area contributed by atoms with E-state index in [1.807, 2.05) is 0 Å². The molecule has 0 spiro atoms. The molecular weight excluding hydrogens is 254 g/mol. The standard InChI is InChI=1S/C10H15N5O4/c1-19-6(5(17)3-16)2-15-4-12-7-8(15)13-10(11)14-9(7)18/h4-6,16-17H,2-3H2,1H3,(H3,11,13,14,18). The van der Waals surface area contributed by atoms with Crippen molar-refractivity contribution in [1.82, 2.24) is 19.5 Å². The highest BCUT2D eigenvalue weighted by molar-refractivity contribution is 5.70. The van der Waals surface area contributed by atoms with Crippen molar-refractivity contribution in [3.8, 4) is 0 Å². The number of aromatic amines is 1. The van der Waals surface area contributed by atoms with Gasteiger partial charge in [0.1, 0.15) is 12.2 Å². The fourth-order valence-corrected chi connectivity index (χ4v) is 1.77. The minimum absolute atomic E-state index is 0.0177. The summed E-state index contributed by atoms with van der Waals surface area (Å²) in [4.78, 5) is 21.9. The Kier molecular flexibility index (Phi) is 3.79. The van der Waals surface area contributed by atoms with E-state index >= 15 is 0 Å². The van der Waals surface area contributed by atoms with Gasteiger partial charge in [0, 0.05) is 7.11 Å². The van der Waals surface area contributed by atoms with Gasteiger partial charge in [0.25, 0.3) is 5.56 Å². The number of nitrogens with two attached hydrogens (primary N) is 1. The zero-order valence-corrected chi connectivity index (χ0v) is 10.3. The molecule has 0 aromatic carbocycles. The van der Waals surface area contributed by atoms with Gasteiger partial charge < -0.3 is 25.3 Å². The molecule has 0 saturated heterocycles. The number of H-pyrrole nitrogens is 1. The van der Waals surface area contributed by atoms with Gasteiger partial charge >= 0.3 is 0 Å². The second-order valence-corrected chi connectivity index (χ2v) is 4.04. The molecule has 0 aliphatic carbocycles. The maximum atomic E-state index is 11.6. The van der Waals surface area contributed by atoms with E-state index in [0.29, 0.717) is 5.65 Å². The predicted molar refractivity (Wildman–Crippen MR) is 66.5 cm³/mol. The van der Waals surface area contributed by atoms with Gasteiger partial charge in [-0.15, -0.1) is 0 Å². The molecule has 19 heavy (non-hydrogen) atoms. The van der Waals surface area contributed by atoms with Crippen molar-refractivity contribution in [2.24, 2.45) is 0 Å². The summed E-state index contributed by atoms with van der Waals surface area (Å²) in [5.41, 5.74) is 5.50. The third kappa shape index (κ3) is 2.57. The molecule has 9 heteroatoms. The summed E-state index contributed by atoms with van der Waals surface area (Å²) in [6.45, 7) is -0.244. The van der Waals surface area contributed by atoms with Crippen molar-refractivity contribution >= 4 is 17.1 Å². The van der Waals surface area contributed by atoms with E-state index in [0.717, 1.165) is 0 Å². The van der Waals surface area contributed by atoms with E-state index < -0.39 is 24.4 Å². The van der Waals surface area contributed by atoms with E-state index in [1.165, 1.54) is 18.0 Å². The number of methoxy groups -OCH3 is 1. The van der Waals surface area contributed by atoms with Crippen LogP contribution in [0.25, 0.3) is 11.2 Å². The summed E-state index contributed by atoms with van der Waals surface area (Å²) in [6.07, 6.45) is -0.283. The van der Waals surface area contributed by atoms with Crippen molar-refractivity contribution in [3.63, 3.8) is 0 Å². The molecule has 2 atom stereocenters. The highest BCUT2D eigenvalue weighted by atomic mass is 16.5. The minimum atomic E-state index is -1.04. The molecule has 2 aromatic rings. The van der Waals surface area contributed by atoms with E-state index in [-0.39, 0.29) is 18.0 Å². The van der Waals surface area contributed by atoms with Gasteiger partial charge in [-0.25, -0.2) is 4.98 Å². The molecule has 0 radical (unpaired) electrons. The zero-order chi connectivity index (χ0) is 14.0. The smallest absolute Gasteiger partial charge is 0.280 e. The van der Waals surface area contributed by atoms with Gasteiger partial charge in [0.15, 0.2) is 11.2 Å². The number of aliphatic hydroxyl groups excluding tert-OH is 2. The Bertz CT molecular complexity index is 622. The second-order valence-electron chi connectivity index (χ2n) is 4.04. The minimum Gasteiger partial charge on any atom is -0.394 e. The Morgan fingerprint density at radius 1 is 1.63 bits per heavy atom. The summed E-state index contributed by atoms with van der Waals surface area (Å²) >= 11 is 0. The summed E-state index contributed by atoms with van der Waals surface area (Å²) in [7, 11) is 1.41. The molecule has 2 heterocycles. The summed E-state index contributed by atoms with van der Waals surface area (Å²) in [5.74, 6) is -0.0177. The number of imidazole rings is 1. The Labute approximate surface area is 107 Å². The Balaban J connectivity index is 2.38. The highest BCUT2D eigenvalue weighted by Crippen LogP contribution is 2.10. The van der Waals surface area contributed by atoms with Gasteiger partial charge in [-0.3, -0.25) is 9.78 Å². The van der Waals surface area contributed by atoms with E-state index in [9.17, 15) is 9.90 Å². The first-order valence-electron chi connectivity index (χ1n) is 5.59. The average molecular weight is 269 g/mol. The Hall–Kier alpha value is -1.97. The van der Waals surface area contributed by atoms with E-state index in [2.05, 4.69) is 15.0 Å². The van der Waals surface area contributed by atoms with Crippen molar-refractivity contribution < 1.29 is 14.9 Å². The number of anilines is 1. The van der Waals surface area contributed by atoms with Crippen molar-refractivity contribution in [3.05, 3.63) is 16.7 Å². The van der Waals surface area contributed by atoms with Crippen LogP contribution in [-0.2, 0) is 11.3 Å². The first-order chi connectivity index (χ1) is 9.06. The number of rotatable bonds is 5. The highest BCUT2D eigenvalue weighted by Gasteiger charge is 2.20. The van der Waals surface area contributed by atoms with Crippen LogP contribution < -0.4 is 11.3 Å². The number of nitrogen functional groups attached to an aromatic ring is 1. The van der Waals surface area contributed by atoms with Crippen molar-refractivity contribution in [2.45, 2.75) is 18.8 Å². The van der Waals surface area contributed by atoms with Crippen molar-refractivity contribution in [2.75, 3.05) is 19.5 Å². The molecule has 0 aliphatic heterocycles. The van der Waals surface area contributed by atoms with Crippen LogP contribution >= 0.6 is 0 Å². The molecule has 2 unspecified atom stereocenters. The van der Waals surface area contributed by atoms with Gasteiger partial charge in [0.2, 0.25) is 5.95 Å². The quantitative estimate of drug-likeness (QED) is 0.495. The first-order valence-corrected chi connectivity index (χ1v) is 5.59. The van der Waals surface area contributed by atoms with Crippen LogP contribution in [0.4, 0.5) is 5.95 Å². The molecule has 104 valence electrons. The molecule has 2 aromatic heterocycles. The fourth-order valence-electron chi connectivity index (χ4n) is 1.77. The number of ether oxygens (including phenoxy) is 1. The van der Waals surface area contributed by atoms with Crippen LogP contribution in [0.5, 0.6) is 0 Å². The molecule has 9 nitrogen and oxygen atoms in total. The molecule has 0 fully saturated rings. The number of nitrogens with one attached hydrogen (secondary N) is 1. The first kappa shape index (κ1) is 13.5. The summed E-state index contributed by atoms with van der Waals surface area (Å²) in [5, 5.41) is 18.5. The van der Waals surface area contributed by atoms with Gasteiger partial charge in [0.05, 0.1) is 19.5 Å². The molecule has 5 N–H and O–H groups in total. The maximum Gasteiger partial charge on any atom is 0.280 e. The number of nitrogens with zero attached hydrogens (tertiary/aromatic N) is 3.